The molecule has 0 atom stereocenters. The molecule has 0 aliphatic carbocycles. The average Bonchev–Trinajstić information content (AvgIpc) is 2.95. The number of para-hydroxylation sites is 2. The van der Waals surface area contributed by atoms with Gasteiger partial charge in [-0.1, -0.05) is 30.3 Å². The van der Waals surface area contributed by atoms with Crippen molar-refractivity contribution in [3.63, 3.8) is 0 Å². The van der Waals surface area contributed by atoms with E-state index in [0.29, 0.717) is 11.4 Å². The summed E-state index contributed by atoms with van der Waals surface area (Å²) >= 11 is 0. The third kappa shape index (κ3) is 4.53. The zero-order valence-electron chi connectivity index (χ0n) is 14.9. The van der Waals surface area contributed by atoms with E-state index in [9.17, 15) is 19.2 Å². The van der Waals surface area contributed by atoms with Crippen LogP contribution in [-0.4, -0.2) is 49.9 Å². The molecule has 1 heterocycles. The highest BCUT2D eigenvalue weighted by atomic mass is 16.5. The lowest BCUT2D eigenvalue weighted by Gasteiger charge is -2.15. The van der Waals surface area contributed by atoms with Crippen LogP contribution in [0, 0.1) is 0 Å². The average molecular weight is 382 g/mol. The van der Waals surface area contributed by atoms with E-state index >= 15 is 0 Å². The fraction of sp³-hybridized carbons (Fsp3) is 0.200. The second kappa shape index (κ2) is 8.81. The first-order valence-corrected chi connectivity index (χ1v) is 8.61. The van der Waals surface area contributed by atoms with Crippen LogP contribution in [-0.2, 0) is 19.1 Å². The third-order valence-corrected chi connectivity index (χ3v) is 3.97. The van der Waals surface area contributed by atoms with Gasteiger partial charge in [0.1, 0.15) is 18.9 Å². The van der Waals surface area contributed by atoms with Gasteiger partial charge in [-0.3, -0.25) is 24.1 Å². The molecule has 2 aromatic carbocycles. The lowest BCUT2D eigenvalue weighted by atomic mass is 10.1. The molecule has 0 saturated heterocycles. The van der Waals surface area contributed by atoms with Gasteiger partial charge in [0.25, 0.3) is 17.6 Å². The minimum absolute atomic E-state index is 0.247. The fourth-order valence-electron chi connectivity index (χ4n) is 2.65. The number of ether oxygens (including phenoxy) is 2. The molecule has 0 aromatic heterocycles. The molecule has 2 aromatic rings. The number of ketones is 1. The first-order chi connectivity index (χ1) is 13.6. The second-order valence-electron chi connectivity index (χ2n) is 5.91. The van der Waals surface area contributed by atoms with Crippen molar-refractivity contribution in [1.82, 2.24) is 5.32 Å². The van der Waals surface area contributed by atoms with Crippen LogP contribution in [0.1, 0.15) is 10.4 Å². The number of esters is 1. The molecule has 1 aliphatic heterocycles. The molecule has 0 bridgehead atoms. The molecule has 2 amide bonds. The molecule has 144 valence electrons. The number of nitrogens with one attached hydrogen (secondary N) is 1. The number of carbonyl (C=O) groups excluding carboxylic acids is 4. The predicted molar refractivity (Wildman–Crippen MR) is 99.0 cm³/mol. The molecule has 0 saturated carbocycles. The van der Waals surface area contributed by atoms with Crippen LogP contribution in [0.5, 0.6) is 5.75 Å². The molecule has 8 heteroatoms. The van der Waals surface area contributed by atoms with Crippen molar-refractivity contribution in [2.24, 2.45) is 0 Å². The number of Topliss-reactive ketones (excluding diaryl/α,β-unsaturated/α-hetero) is 1. The number of carbonyl (C=O) groups is 4. The van der Waals surface area contributed by atoms with Crippen LogP contribution < -0.4 is 15.0 Å². The van der Waals surface area contributed by atoms with Crippen LogP contribution in [0.2, 0.25) is 0 Å². The second-order valence-corrected chi connectivity index (χ2v) is 5.91. The third-order valence-electron chi connectivity index (χ3n) is 3.97. The number of hydrogen-bond donors (Lipinski definition) is 1. The van der Waals surface area contributed by atoms with Gasteiger partial charge in [0.05, 0.1) is 17.8 Å². The maximum atomic E-state index is 12.0. The summed E-state index contributed by atoms with van der Waals surface area (Å²) < 4.78 is 10.3. The largest absolute Gasteiger partial charge is 0.492 e. The van der Waals surface area contributed by atoms with E-state index in [1.165, 1.54) is 6.07 Å². The van der Waals surface area contributed by atoms with Gasteiger partial charge in [-0.15, -0.1) is 0 Å². The molecule has 1 aliphatic rings. The summed E-state index contributed by atoms with van der Waals surface area (Å²) in [4.78, 5) is 48.6. The highest BCUT2D eigenvalue weighted by Gasteiger charge is 2.36. The molecule has 0 radical (unpaired) electrons. The van der Waals surface area contributed by atoms with E-state index in [-0.39, 0.29) is 18.7 Å². The summed E-state index contributed by atoms with van der Waals surface area (Å²) in [7, 11) is 0. The Morgan fingerprint density at radius 3 is 2.46 bits per heavy atom. The maximum absolute atomic E-state index is 12.0. The molecule has 0 unspecified atom stereocenters. The van der Waals surface area contributed by atoms with Crippen molar-refractivity contribution in [1.29, 1.82) is 0 Å². The molecule has 28 heavy (non-hydrogen) atoms. The Labute approximate surface area is 161 Å². The van der Waals surface area contributed by atoms with Gasteiger partial charge in [0.15, 0.2) is 6.61 Å². The Morgan fingerprint density at radius 1 is 0.964 bits per heavy atom. The van der Waals surface area contributed by atoms with Gasteiger partial charge in [0.2, 0.25) is 0 Å². The minimum Gasteiger partial charge on any atom is -0.492 e. The van der Waals surface area contributed by atoms with Gasteiger partial charge < -0.3 is 14.8 Å². The molecular formula is C20H18N2O6. The van der Waals surface area contributed by atoms with E-state index in [1.807, 2.05) is 18.2 Å². The molecule has 3 rings (SSSR count). The zero-order chi connectivity index (χ0) is 19.9. The number of anilines is 1. The topological polar surface area (TPSA) is 102 Å². The van der Waals surface area contributed by atoms with Crippen LogP contribution in [0.3, 0.4) is 0 Å². The highest BCUT2D eigenvalue weighted by Crippen LogP contribution is 2.28. The molecule has 0 fully saturated rings. The van der Waals surface area contributed by atoms with Crippen molar-refractivity contribution in [3.05, 3.63) is 60.2 Å². The number of rotatable bonds is 8. The monoisotopic (exact) mass is 382 g/mol. The van der Waals surface area contributed by atoms with Crippen molar-refractivity contribution >= 4 is 29.3 Å². The van der Waals surface area contributed by atoms with E-state index in [1.54, 1.807) is 30.3 Å². The van der Waals surface area contributed by atoms with Crippen LogP contribution >= 0.6 is 0 Å². The number of fused-ring (bicyclic) bond motifs is 1. The Bertz CT molecular complexity index is 897. The maximum Gasteiger partial charge on any atom is 0.326 e. The lowest BCUT2D eigenvalue weighted by Crippen LogP contribution is -2.37. The number of amides is 2. The Morgan fingerprint density at radius 2 is 1.68 bits per heavy atom. The number of hydrogen-bond acceptors (Lipinski definition) is 6. The summed E-state index contributed by atoms with van der Waals surface area (Å²) in [5.74, 6) is -2.05. The normalized spacial score (nSPS) is 12.5. The first-order valence-electron chi connectivity index (χ1n) is 8.61. The van der Waals surface area contributed by atoms with Gasteiger partial charge in [0, 0.05) is 0 Å². The smallest absolute Gasteiger partial charge is 0.326 e. The number of benzene rings is 2. The molecule has 1 N–H and O–H groups in total. The lowest BCUT2D eigenvalue weighted by molar-refractivity contribution is -0.147. The quantitative estimate of drug-likeness (QED) is 0.414. The summed E-state index contributed by atoms with van der Waals surface area (Å²) in [6.07, 6.45) is 0. The predicted octanol–water partition coefficient (Wildman–Crippen LogP) is 0.954. The van der Waals surface area contributed by atoms with Gasteiger partial charge >= 0.3 is 5.97 Å². The Balaban J connectivity index is 1.39. The van der Waals surface area contributed by atoms with E-state index < -0.39 is 36.7 Å². The molecule has 8 nitrogen and oxygen atoms in total. The summed E-state index contributed by atoms with van der Waals surface area (Å²) in [5, 5.41) is 2.56. The van der Waals surface area contributed by atoms with E-state index in [2.05, 4.69) is 5.32 Å². The minimum atomic E-state index is -0.791. The molecule has 0 spiro atoms. The number of nitrogens with zero attached hydrogens (tertiary/aromatic N) is 1. The van der Waals surface area contributed by atoms with Gasteiger partial charge in [-0.25, -0.2) is 0 Å². The van der Waals surface area contributed by atoms with Gasteiger partial charge in [-0.05, 0) is 24.3 Å². The van der Waals surface area contributed by atoms with Gasteiger partial charge in [-0.2, -0.15) is 0 Å². The van der Waals surface area contributed by atoms with E-state index in [0.717, 1.165) is 4.90 Å². The van der Waals surface area contributed by atoms with Crippen molar-refractivity contribution in [3.8, 4) is 5.75 Å². The van der Waals surface area contributed by atoms with Crippen molar-refractivity contribution in [2.45, 2.75) is 0 Å². The van der Waals surface area contributed by atoms with Crippen molar-refractivity contribution in [2.75, 3.05) is 31.2 Å². The van der Waals surface area contributed by atoms with Crippen LogP contribution in [0.15, 0.2) is 54.6 Å². The first kappa shape index (κ1) is 19.1. The Hall–Kier alpha value is -3.68. The van der Waals surface area contributed by atoms with Crippen molar-refractivity contribution < 1.29 is 28.7 Å². The molecular weight excluding hydrogens is 364 g/mol. The van der Waals surface area contributed by atoms with Crippen LogP contribution in [0.25, 0.3) is 0 Å². The summed E-state index contributed by atoms with van der Waals surface area (Å²) in [6, 6.07) is 15.5. The summed E-state index contributed by atoms with van der Waals surface area (Å²) in [6.45, 7) is -0.406. The van der Waals surface area contributed by atoms with E-state index in [4.69, 9.17) is 9.47 Å². The fourth-order valence-corrected chi connectivity index (χ4v) is 2.65. The highest BCUT2D eigenvalue weighted by molar-refractivity contribution is 6.52. The van der Waals surface area contributed by atoms with Crippen LogP contribution in [0.4, 0.5) is 5.69 Å². The Kier molecular flexibility index (Phi) is 6.01. The zero-order valence-corrected chi connectivity index (χ0v) is 14.9. The SMILES string of the molecule is O=C(COC(=O)CN1C(=O)C(=O)c2ccccc21)NCCOc1ccccc1. The standard InChI is InChI=1S/C20H18N2O6/c23-17(21-10-11-27-14-6-2-1-3-7-14)13-28-18(24)12-22-16-9-5-4-8-15(16)19(25)20(22)26/h1-9H,10-13H2,(H,21,23). The summed E-state index contributed by atoms with van der Waals surface area (Å²) in [5.41, 5.74) is 0.605.